The van der Waals surface area contributed by atoms with E-state index in [1.807, 2.05) is 11.6 Å². The maximum atomic E-state index is 13.8. The highest BCUT2D eigenvalue weighted by Gasteiger charge is 2.14. The highest BCUT2D eigenvalue weighted by atomic mass is 32.2. The molecule has 0 aliphatic rings. The minimum Gasteiger partial charge on any atom is -0.484 e. The SMILES string of the molecule is CN(C)C(=O)COc1cccc(C(=O)Nc2cc(F)ccc2Sc2nccn2C)c1. The van der Waals surface area contributed by atoms with E-state index in [1.54, 1.807) is 50.8 Å². The summed E-state index contributed by atoms with van der Waals surface area (Å²) < 4.78 is 21.1. The van der Waals surface area contributed by atoms with Crippen LogP contribution in [0, 0.1) is 5.82 Å². The van der Waals surface area contributed by atoms with E-state index in [-0.39, 0.29) is 12.5 Å². The molecule has 0 atom stereocenters. The van der Waals surface area contributed by atoms with Gasteiger partial charge in [-0.25, -0.2) is 9.37 Å². The van der Waals surface area contributed by atoms with Gasteiger partial charge in [-0.2, -0.15) is 0 Å². The Hall–Kier alpha value is -3.33. The molecular formula is C21H21FN4O3S. The van der Waals surface area contributed by atoms with E-state index in [0.29, 0.717) is 27.1 Å². The lowest BCUT2D eigenvalue weighted by atomic mass is 10.2. The van der Waals surface area contributed by atoms with Crippen LogP contribution in [-0.2, 0) is 11.8 Å². The number of aryl methyl sites for hydroxylation is 1. The summed E-state index contributed by atoms with van der Waals surface area (Å²) in [5, 5.41) is 3.45. The molecule has 9 heteroatoms. The first kappa shape index (κ1) is 21.4. The summed E-state index contributed by atoms with van der Waals surface area (Å²) in [7, 11) is 5.12. The van der Waals surface area contributed by atoms with Crippen LogP contribution in [0.25, 0.3) is 0 Å². The summed E-state index contributed by atoms with van der Waals surface area (Å²) in [6.45, 7) is -0.133. The molecule has 2 amide bonds. The fourth-order valence-electron chi connectivity index (χ4n) is 2.43. The van der Waals surface area contributed by atoms with Gasteiger partial charge in [0.05, 0.1) is 5.69 Å². The van der Waals surface area contributed by atoms with Crippen LogP contribution >= 0.6 is 11.8 Å². The summed E-state index contributed by atoms with van der Waals surface area (Å²) in [6, 6.07) is 10.6. The van der Waals surface area contributed by atoms with Crippen LogP contribution in [0.5, 0.6) is 5.75 Å². The van der Waals surface area contributed by atoms with E-state index >= 15 is 0 Å². The predicted molar refractivity (Wildman–Crippen MR) is 112 cm³/mol. The van der Waals surface area contributed by atoms with Gasteiger partial charge in [-0.3, -0.25) is 9.59 Å². The van der Waals surface area contributed by atoms with Crippen LogP contribution < -0.4 is 10.1 Å². The van der Waals surface area contributed by atoms with Crippen molar-refractivity contribution in [3.05, 3.63) is 66.2 Å². The summed E-state index contributed by atoms with van der Waals surface area (Å²) in [5.41, 5.74) is 0.657. The van der Waals surface area contributed by atoms with Crippen molar-refractivity contribution in [1.29, 1.82) is 0 Å². The Bertz CT molecular complexity index is 1070. The molecule has 1 heterocycles. The third-order valence-corrected chi connectivity index (χ3v) is 5.28. The van der Waals surface area contributed by atoms with Gasteiger partial charge >= 0.3 is 0 Å². The molecule has 0 spiro atoms. The van der Waals surface area contributed by atoms with E-state index in [0.717, 1.165) is 0 Å². The molecule has 0 aliphatic heterocycles. The van der Waals surface area contributed by atoms with E-state index in [4.69, 9.17) is 4.74 Å². The molecule has 3 aromatic rings. The highest BCUT2D eigenvalue weighted by molar-refractivity contribution is 7.99. The van der Waals surface area contributed by atoms with E-state index in [9.17, 15) is 14.0 Å². The van der Waals surface area contributed by atoms with Crippen molar-refractivity contribution in [2.75, 3.05) is 26.0 Å². The summed E-state index contributed by atoms with van der Waals surface area (Å²) in [5.74, 6) is -0.694. The molecule has 3 rings (SSSR count). The van der Waals surface area contributed by atoms with Gasteiger partial charge < -0.3 is 19.5 Å². The first-order valence-corrected chi connectivity index (χ1v) is 9.84. The summed E-state index contributed by atoms with van der Waals surface area (Å²) in [4.78, 5) is 30.7. The topological polar surface area (TPSA) is 76.5 Å². The lowest BCUT2D eigenvalue weighted by Gasteiger charge is -2.13. The van der Waals surface area contributed by atoms with Gasteiger partial charge in [-0.05, 0) is 48.2 Å². The maximum Gasteiger partial charge on any atom is 0.259 e. The van der Waals surface area contributed by atoms with Crippen molar-refractivity contribution < 1.29 is 18.7 Å². The first-order valence-electron chi connectivity index (χ1n) is 9.02. The van der Waals surface area contributed by atoms with E-state index in [1.165, 1.54) is 34.9 Å². The molecule has 1 aromatic heterocycles. The molecule has 0 saturated carbocycles. The molecular weight excluding hydrogens is 407 g/mol. The quantitative estimate of drug-likeness (QED) is 0.624. The third kappa shape index (κ3) is 5.38. The number of amides is 2. The number of anilines is 1. The van der Waals surface area contributed by atoms with Gasteiger partial charge in [0.15, 0.2) is 11.8 Å². The number of carbonyl (C=O) groups excluding carboxylic acids is 2. The molecule has 0 bridgehead atoms. The van der Waals surface area contributed by atoms with Crippen LogP contribution in [-0.4, -0.2) is 47.0 Å². The van der Waals surface area contributed by atoms with Crippen LogP contribution in [0.2, 0.25) is 0 Å². The fourth-order valence-corrected chi connectivity index (χ4v) is 3.30. The number of likely N-dealkylation sites (N-methyl/N-ethyl adjacent to an activating group) is 1. The molecule has 30 heavy (non-hydrogen) atoms. The molecule has 1 N–H and O–H groups in total. The van der Waals surface area contributed by atoms with Gasteiger partial charge in [0.1, 0.15) is 11.6 Å². The van der Waals surface area contributed by atoms with Crippen LogP contribution in [0.4, 0.5) is 10.1 Å². The van der Waals surface area contributed by atoms with Crippen molar-refractivity contribution >= 4 is 29.3 Å². The van der Waals surface area contributed by atoms with Crippen molar-refractivity contribution in [1.82, 2.24) is 14.5 Å². The lowest BCUT2D eigenvalue weighted by molar-refractivity contribution is -0.130. The van der Waals surface area contributed by atoms with Crippen molar-refractivity contribution in [3.8, 4) is 5.75 Å². The molecule has 2 aromatic carbocycles. The van der Waals surface area contributed by atoms with E-state index in [2.05, 4.69) is 10.3 Å². The number of aromatic nitrogens is 2. The molecule has 0 aliphatic carbocycles. The van der Waals surface area contributed by atoms with Crippen LogP contribution in [0.15, 0.2) is 64.9 Å². The number of benzene rings is 2. The average Bonchev–Trinajstić information content (AvgIpc) is 3.12. The van der Waals surface area contributed by atoms with Crippen molar-refractivity contribution in [2.24, 2.45) is 7.05 Å². The Morgan fingerprint density at radius 1 is 1.23 bits per heavy atom. The Morgan fingerprint density at radius 2 is 2.03 bits per heavy atom. The number of hydrogen-bond acceptors (Lipinski definition) is 5. The van der Waals surface area contributed by atoms with E-state index < -0.39 is 11.7 Å². The number of imidazole rings is 1. The normalized spacial score (nSPS) is 10.5. The van der Waals surface area contributed by atoms with Gasteiger partial charge in [-0.15, -0.1) is 0 Å². The molecule has 0 unspecified atom stereocenters. The minimum atomic E-state index is -0.464. The number of halogens is 1. The zero-order chi connectivity index (χ0) is 21.7. The highest BCUT2D eigenvalue weighted by Crippen LogP contribution is 2.33. The van der Waals surface area contributed by atoms with Crippen LogP contribution in [0.1, 0.15) is 10.4 Å². The maximum absolute atomic E-state index is 13.8. The Morgan fingerprint density at radius 3 is 2.73 bits per heavy atom. The second kappa shape index (κ2) is 9.45. The predicted octanol–water partition coefficient (Wildman–Crippen LogP) is 3.43. The summed E-state index contributed by atoms with van der Waals surface area (Å²) in [6.07, 6.45) is 3.47. The second-order valence-electron chi connectivity index (χ2n) is 6.62. The zero-order valence-electron chi connectivity index (χ0n) is 16.8. The van der Waals surface area contributed by atoms with Gasteiger partial charge in [0, 0.05) is 44.0 Å². The average molecular weight is 428 g/mol. The van der Waals surface area contributed by atoms with Crippen molar-refractivity contribution in [3.63, 3.8) is 0 Å². The number of carbonyl (C=O) groups is 2. The van der Waals surface area contributed by atoms with Gasteiger partial charge in [0.2, 0.25) is 0 Å². The number of nitrogens with one attached hydrogen (secondary N) is 1. The third-order valence-electron chi connectivity index (χ3n) is 4.13. The molecule has 7 nitrogen and oxygen atoms in total. The molecule has 0 saturated heterocycles. The second-order valence-corrected chi connectivity index (χ2v) is 7.63. The lowest BCUT2D eigenvalue weighted by Crippen LogP contribution is -2.27. The Labute approximate surface area is 177 Å². The Kier molecular flexibility index (Phi) is 6.73. The monoisotopic (exact) mass is 428 g/mol. The van der Waals surface area contributed by atoms with Gasteiger partial charge in [0.25, 0.3) is 11.8 Å². The number of hydrogen-bond donors (Lipinski definition) is 1. The van der Waals surface area contributed by atoms with Gasteiger partial charge in [-0.1, -0.05) is 6.07 Å². The first-order chi connectivity index (χ1) is 14.3. The number of ether oxygens (including phenoxy) is 1. The zero-order valence-corrected chi connectivity index (χ0v) is 17.6. The number of nitrogens with zero attached hydrogens (tertiary/aromatic N) is 3. The molecule has 0 radical (unpaired) electrons. The van der Waals surface area contributed by atoms with Crippen molar-refractivity contribution in [2.45, 2.75) is 10.1 Å². The summed E-state index contributed by atoms with van der Waals surface area (Å²) >= 11 is 1.31. The smallest absolute Gasteiger partial charge is 0.259 e. The fraction of sp³-hybridized carbons (Fsp3) is 0.190. The number of rotatable bonds is 7. The molecule has 156 valence electrons. The minimum absolute atomic E-state index is 0.133. The largest absolute Gasteiger partial charge is 0.484 e. The molecule has 0 fully saturated rings. The standard InChI is InChI=1S/C21H21FN4O3S/c1-25(2)19(27)13-29-16-6-4-5-14(11-16)20(28)24-17-12-15(22)7-8-18(17)30-21-23-9-10-26(21)3/h4-12H,13H2,1-3H3,(H,24,28). The van der Waals surface area contributed by atoms with Crippen LogP contribution in [0.3, 0.4) is 0 Å². The Balaban J connectivity index is 1.76.